The summed E-state index contributed by atoms with van der Waals surface area (Å²) in [6.07, 6.45) is 1.26. The van der Waals surface area contributed by atoms with Crippen LogP contribution in [0, 0.1) is 5.92 Å². The van der Waals surface area contributed by atoms with Gasteiger partial charge in [0.25, 0.3) is 5.56 Å². The lowest BCUT2D eigenvalue weighted by atomic mass is 10.1. The van der Waals surface area contributed by atoms with E-state index in [4.69, 9.17) is 11.6 Å². The molecule has 1 saturated heterocycles. The Morgan fingerprint density at radius 2 is 2.17 bits per heavy atom. The van der Waals surface area contributed by atoms with Gasteiger partial charge in [-0.05, 0) is 55.6 Å². The highest BCUT2D eigenvalue weighted by atomic mass is 35.5. The fourth-order valence-corrected chi connectivity index (χ4v) is 3.77. The molecule has 0 saturated carbocycles. The number of hydrogen-bond acceptors (Lipinski definition) is 3. The van der Waals surface area contributed by atoms with E-state index in [1.807, 2.05) is 18.2 Å². The highest BCUT2D eigenvalue weighted by Crippen LogP contribution is 2.20. The molecule has 1 aliphatic rings. The summed E-state index contributed by atoms with van der Waals surface area (Å²) < 4.78 is 0. The zero-order chi connectivity index (χ0) is 17.1. The third-order valence-corrected chi connectivity index (χ3v) is 5.29. The molecule has 1 unspecified atom stereocenters. The van der Waals surface area contributed by atoms with E-state index in [0.717, 1.165) is 36.1 Å². The number of aromatic amines is 1. The molecule has 24 heavy (non-hydrogen) atoms. The minimum atomic E-state index is -0.00942. The second-order valence-corrected chi connectivity index (χ2v) is 7.17. The van der Waals surface area contributed by atoms with Crippen LogP contribution in [0.5, 0.6) is 0 Å². The van der Waals surface area contributed by atoms with Crippen LogP contribution in [0.1, 0.15) is 25.8 Å². The van der Waals surface area contributed by atoms with Gasteiger partial charge in [-0.15, -0.1) is 0 Å². The van der Waals surface area contributed by atoms with Gasteiger partial charge < -0.3 is 9.88 Å². The van der Waals surface area contributed by atoms with Crippen molar-refractivity contribution in [3.8, 4) is 0 Å². The van der Waals surface area contributed by atoms with Gasteiger partial charge >= 0.3 is 0 Å². The molecule has 2 heterocycles. The summed E-state index contributed by atoms with van der Waals surface area (Å²) in [6, 6.07) is 7.63. The molecule has 1 N–H and O–H groups in total. The molecule has 0 spiro atoms. The Morgan fingerprint density at radius 1 is 1.33 bits per heavy atom. The Balaban J connectivity index is 1.73. The van der Waals surface area contributed by atoms with Crippen LogP contribution in [0.3, 0.4) is 0 Å². The summed E-state index contributed by atoms with van der Waals surface area (Å²) >= 11 is 6.00. The van der Waals surface area contributed by atoms with Gasteiger partial charge in [0.15, 0.2) is 0 Å². The maximum Gasteiger partial charge on any atom is 0.252 e. The minimum Gasteiger partial charge on any atom is -0.322 e. The normalized spacial score (nSPS) is 18.8. The van der Waals surface area contributed by atoms with E-state index in [2.05, 4.69) is 28.6 Å². The van der Waals surface area contributed by atoms with Crippen LogP contribution in [0.25, 0.3) is 10.9 Å². The molecule has 3 rings (SSSR count). The number of likely N-dealkylation sites (tertiary alicyclic amines) is 1. The molecule has 1 fully saturated rings. The van der Waals surface area contributed by atoms with Gasteiger partial charge in [-0.2, -0.15) is 0 Å². The largest absolute Gasteiger partial charge is 0.322 e. The van der Waals surface area contributed by atoms with Crippen molar-refractivity contribution in [3.05, 3.63) is 45.2 Å². The van der Waals surface area contributed by atoms with Crippen molar-refractivity contribution in [3.63, 3.8) is 0 Å². The van der Waals surface area contributed by atoms with Gasteiger partial charge in [0, 0.05) is 35.7 Å². The number of nitrogens with zero attached hydrogens (tertiary/aromatic N) is 2. The van der Waals surface area contributed by atoms with Gasteiger partial charge in [0.1, 0.15) is 0 Å². The summed E-state index contributed by atoms with van der Waals surface area (Å²) in [6.45, 7) is 10.6. The molecular formula is C19H26ClN3O. The van der Waals surface area contributed by atoms with E-state index in [1.54, 1.807) is 6.07 Å². The Kier molecular flexibility index (Phi) is 5.59. The number of fused-ring (bicyclic) bond motifs is 1. The first-order valence-corrected chi connectivity index (χ1v) is 9.23. The number of nitrogens with one attached hydrogen (secondary N) is 1. The van der Waals surface area contributed by atoms with Gasteiger partial charge in [-0.1, -0.05) is 31.5 Å². The Morgan fingerprint density at radius 3 is 2.88 bits per heavy atom. The first-order valence-electron chi connectivity index (χ1n) is 8.85. The monoisotopic (exact) mass is 347 g/mol. The van der Waals surface area contributed by atoms with Crippen molar-refractivity contribution in [1.82, 2.24) is 14.8 Å². The van der Waals surface area contributed by atoms with E-state index in [9.17, 15) is 4.79 Å². The third kappa shape index (κ3) is 4.00. The molecule has 0 amide bonds. The van der Waals surface area contributed by atoms with Crippen LogP contribution in [-0.2, 0) is 6.54 Å². The van der Waals surface area contributed by atoms with E-state index in [1.165, 1.54) is 19.5 Å². The quantitative estimate of drug-likeness (QED) is 0.871. The highest BCUT2D eigenvalue weighted by Gasteiger charge is 2.23. The Hall–Kier alpha value is -1.36. The van der Waals surface area contributed by atoms with Gasteiger partial charge in [0.05, 0.1) is 0 Å². The molecule has 1 aliphatic heterocycles. The second-order valence-electron chi connectivity index (χ2n) is 6.73. The van der Waals surface area contributed by atoms with Gasteiger partial charge in [0.2, 0.25) is 0 Å². The van der Waals surface area contributed by atoms with Crippen molar-refractivity contribution in [2.45, 2.75) is 26.8 Å². The maximum atomic E-state index is 12.4. The molecule has 130 valence electrons. The molecule has 0 radical (unpaired) electrons. The van der Waals surface area contributed by atoms with Crippen molar-refractivity contribution >= 4 is 22.5 Å². The smallest absolute Gasteiger partial charge is 0.252 e. The molecule has 1 aromatic carbocycles. The Bertz CT molecular complexity index is 758. The lowest BCUT2D eigenvalue weighted by Crippen LogP contribution is -2.32. The molecule has 1 aromatic heterocycles. The first-order chi connectivity index (χ1) is 11.6. The van der Waals surface area contributed by atoms with E-state index < -0.39 is 0 Å². The summed E-state index contributed by atoms with van der Waals surface area (Å²) in [4.78, 5) is 20.3. The highest BCUT2D eigenvalue weighted by molar-refractivity contribution is 6.31. The fraction of sp³-hybridized carbons (Fsp3) is 0.526. The Labute approximate surface area is 148 Å². The van der Waals surface area contributed by atoms with E-state index in [0.29, 0.717) is 17.5 Å². The zero-order valence-electron chi connectivity index (χ0n) is 14.5. The third-order valence-electron chi connectivity index (χ3n) is 5.06. The lowest BCUT2D eigenvalue weighted by Gasteiger charge is -2.24. The predicted molar refractivity (Wildman–Crippen MR) is 101 cm³/mol. The summed E-state index contributed by atoms with van der Waals surface area (Å²) in [7, 11) is 0. The van der Waals surface area contributed by atoms with E-state index in [-0.39, 0.29) is 5.56 Å². The molecular weight excluding hydrogens is 322 g/mol. The number of benzene rings is 1. The molecule has 4 nitrogen and oxygen atoms in total. The fourth-order valence-electron chi connectivity index (χ4n) is 3.60. The lowest BCUT2D eigenvalue weighted by molar-refractivity contribution is 0.229. The average molecular weight is 348 g/mol. The maximum absolute atomic E-state index is 12.4. The van der Waals surface area contributed by atoms with Crippen molar-refractivity contribution < 1.29 is 0 Å². The molecule has 0 aliphatic carbocycles. The number of H-pyrrole nitrogens is 1. The topological polar surface area (TPSA) is 39.3 Å². The standard InChI is InChI=1S/C19H26ClN3O/c1-3-22-8-7-14(11-22)12-23(4-2)13-16-9-15-5-6-17(20)10-18(15)21-19(16)24/h5-6,9-10,14H,3-4,7-8,11-13H2,1-2H3,(H,21,24). The SMILES string of the molecule is CCN1CCC(CN(CC)Cc2cc3ccc(Cl)cc3[nH]c2=O)C1. The molecule has 1 atom stereocenters. The van der Waals surface area contributed by atoms with Crippen LogP contribution in [0.4, 0.5) is 0 Å². The number of pyridine rings is 1. The van der Waals surface area contributed by atoms with Crippen LogP contribution >= 0.6 is 11.6 Å². The van der Waals surface area contributed by atoms with Crippen LogP contribution in [-0.4, -0.2) is 47.5 Å². The summed E-state index contributed by atoms with van der Waals surface area (Å²) in [5, 5.41) is 1.67. The second kappa shape index (κ2) is 7.68. The number of hydrogen-bond donors (Lipinski definition) is 1. The predicted octanol–water partition coefficient (Wildman–Crippen LogP) is 3.35. The van der Waals surface area contributed by atoms with Crippen LogP contribution < -0.4 is 5.56 Å². The minimum absolute atomic E-state index is 0.00942. The van der Waals surface area contributed by atoms with Gasteiger partial charge in [-0.25, -0.2) is 0 Å². The van der Waals surface area contributed by atoms with Crippen molar-refractivity contribution in [2.24, 2.45) is 5.92 Å². The van der Waals surface area contributed by atoms with Crippen molar-refractivity contribution in [2.75, 3.05) is 32.7 Å². The van der Waals surface area contributed by atoms with Crippen molar-refractivity contribution in [1.29, 1.82) is 0 Å². The first kappa shape index (κ1) is 17.5. The van der Waals surface area contributed by atoms with E-state index >= 15 is 0 Å². The van der Waals surface area contributed by atoms with Crippen LogP contribution in [0.2, 0.25) is 5.02 Å². The average Bonchev–Trinajstić information content (AvgIpc) is 3.02. The number of aromatic nitrogens is 1. The number of halogens is 1. The van der Waals surface area contributed by atoms with Crippen LogP contribution in [0.15, 0.2) is 29.1 Å². The van der Waals surface area contributed by atoms with Gasteiger partial charge in [-0.3, -0.25) is 9.69 Å². The number of rotatable bonds is 6. The summed E-state index contributed by atoms with van der Waals surface area (Å²) in [5.74, 6) is 0.711. The molecule has 0 bridgehead atoms. The zero-order valence-corrected chi connectivity index (χ0v) is 15.3. The molecule has 2 aromatic rings. The molecule has 5 heteroatoms. The summed E-state index contributed by atoms with van der Waals surface area (Å²) in [5.41, 5.74) is 1.62.